The van der Waals surface area contributed by atoms with Gasteiger partial charge < -0.3 is 30.0 Å². The fraction of sp³-hybridized carbons (Fsp3) is 0.750. The van der Waals surface area contributed by atoms with Crippen molar-refractivity contribution < 1.29 is 30.0 Å². The molecule has 7 heteroatoms. The smallest absolute Gasteiger partial charge is 0.547 e. The average molecular weight is 226 g/mol. The maximum absolute atomic E-state index is 9.72. The van der Waals surface area contributed by atoms with E-state index in [0.717, 1.165) is 0 Å². The minimum absolute atomic E-state index is 0. The number of hydrogen-bond acceptors (Lipinski definition) is 6. The van der Waals surface area contributed by atoms with Gasteiger partial charge in [0.15, 0.2) is 0 Å². The molecule has 15 heavy (non-hydrogen) atoms. The topological polar surface area (TPSA) is 121 Å². The van der Waals surface area contributed by atoms with Crippen LogP contribution in [0.4, 0.5) is 0 Å². The summed E-state index contributed by atoms with van der Waals surface area (Å²) in [6.45, 7) is 0. The van der Waals surface area contributed by atoms with E-state index in [-0.39, 0.29) is 23.1 Å². The standard InChI is InChI=1S/2C4H6O3.Mg/c2*5-3(6)4(7)1-2-4;/h2*7H,1-2H2,(H,5,6);/q;;+2/p-2. The fourth-order valence-corrected chi connectivity index (χ4v) is 0.645. The summed E-state index contributed by atoms with van der Waals surface area (Å²) in [5.74, 6) is -2.68. The number of aliphatic carboxylic acids is 2. The maximum atomic E-state index is 9.72. The van der Waals surface area contributed by atoms with Crippen molar-refractivity contribution in [3.63, 3.8) is 0 Å². The van der Waals surface area contributed by atoms with E-state index in [4.69, 9.17) is 10.2 Å². The van der Waals surface area contributed by atoms with E-state index in [2.05, 4.69) is 0 Å². The molecule has 2 saturated carbocycles. The molecule has 6 nitrogen and oxygen atoms in total. The second kappa shape index (κ2) is 4.64. The van der Waals surface area contributed by atoms with Gasteiger partial charge in [0.1, 0.15) is 11.2 Å². The molecular weight excluding hydrogens is 216 g/mol. The van der Waals surface area contributed by atoms with E-state index in [1.807, 2.05) is 0 Å². The van der Waals surface area contributed by atoms with Crippen LogP contribution >= 0.6 is 0 Å². The van der Waals surface area contributed by atoms with Crippen LogP contribution in [-0.2, 0) is 9.59 Å². The van der Waals surface area contributed by atoms with Gasteiger partial charge >= 0.3 is 23.1 Å². The Balaban J connectivity index is 0.000000245. The van der Waals surface area contributed by atoms with Crippen molar-refractivity contribution in [1.82, 2.24) is 0 Å². The Labute approximate surface area is 102 Å². The summed E-state index contributed by atoms with van der Waals surface area (Å²) in [4.78, 5) is 19.4. The Hall–Kier alpha value is -0.374. The van der Waals surface area contributed by atoms with Gasteiger partial charge in [0.2, 0.25) is 0 Å². The zero-order chi connectivity index (χ0) is 11.0. The summed E-state index contributed by atoms with van der Waals surface area (Å²) < 4.78 is 0. The molecule has 2 aliphatic rings. The molecule has 2 fully saturated rings. The molecule has 2 aliphatic carbocycles. The van der Waals surface area contributed by atoms with Crippen LogP contribution in [0.25, 0.3) is 0 Å². The Morgan fingerprint density at radius 2 is 1.07 bits per heavy atom. The predicted octanol–water partition coefficient (Wildman–Crippen LogP) is -3.86. The Bertz CT molecular complexity index is 240. The van der Waals surface area contributed by atoms with Gasteiger partial charge in [-0.3, -0.25) is 0 Å². The van der Waals surface area contributed by atoms with Gasteiger partial charge in [0, 0.05) is 0 Å². The third kappa shape index (κ3) is 3.94. The van der Waals surface area contributed by atoms with Crippen LogP contribution in [-0.4, -0.2) is 56.4 Å². The van der Waals surface area contributed by atoms with Gasteiger partial charge in [-0.2, -0.15) is 0 Å². The molecule has 0 bridgehead atoms. The first-order chi connectivity index (χ1) is 6.30. The zero-order valence-corrected chi connectivity index (χ0v) is 9.48. The number of carboxylic acids is 2. The zero-order valence-electron chi connectivity index (χ0n) is 8.06. The molecule has 0 aromatic heterocycles. The molecule has 0 unspecified atom stereocenters. The van der Waals surface area contributed by atoms with Crippen molar-refractivity contribution >= 4 is 35.0 Å². The molecule has 2 rings (SSSR count). The minimum Gasteiger partial charge on any atom is -0.547 e. The van der Waals surface area contributed by atoms with Crippen molar-refractivity contribution in [2.24, 2.45) is 0 Å². The number of hydrogen-bond donors (Lipinski definition) is 2. The van der Waals surface area contributed by atoms with Crippen molar-refractivity contribution in [3.8, 4) is 0 Å². The molecular formula is C8H10MgO6. The van der Waals surface area contributed by atoms with Gasteiger partial charge in [-0.25, -0.2) is 0 Å². The summed E-state index contributed by atoms with van der Waals surface area (Å²) in [6, 6.07) is 0. The third-order valence-corrected chi connectivity index (χ3v) is 2.21. The molecule has 0 atom stereocenters. The molecule has 0 amide bonds. The van der Waals surface area contributed by atoms with Crippen molar-refractivity contribution in [2.45, 2.75) is 36.9 Å². The normalized spacial score (nSPS) is 22.5. The van der Waals surface area contributed by atoms with Gasteiger partial charge in [-0.15, -0.1) is 0 Å². The fourth-order valence-electron chi connectivity index (χ4n) is 0.645. The number of carbonyl (C=O) groups excluding carboxylic acids is 2. The van der Waals surface area contributed by atoms with E-state index in [0.29, 0.717) is 25.7 Å². The first-order valence-electron chi connectivity index (χ1n) is 4.18. The van der Waals surface area contributed by atoms with Crippen molar-refractivity contribution in [3.05, 3.63) is 0 Å². The van der Waals surface area contributed by atoms with Crippen LogP contribution in [0.3, 0.4) is 0 Å². The third-order valence-electron chi connectivity index (χ3n) is 2.21. The average Bonchev–Trinajstić information content (AvgIpc) is 2.93. The van der Waals surface area contributed by atoms with Crippen LogP contribution < -0.4 is 10.2 Å². The van der Waals surface area contributed by atoms with Crippen LogP contribution in [0.2, 0.25) is 0 Å². The molecule has 0 aromatic rings. The molecule has 0 aliphatic heterocycles. The van der Waals surface area contributed by atoms with Crippen LogP contribution in [0.15, 0.2) is 0 Å². The van der Waals surface area contributed by atoms with Gasteiger partial charge in [0.05, 0.1) is 11.9 Å². The molecule has 0 radical (unpaired) electrons. The SMILES string of the molecule is O=C([O-])C1(O)CC1.O=C([O-])C1(O)CC1.[Mg+2]. The number of carbonyl (C=O) groups is 2. The predicted molar refractivity (Wildman–Crippen MR) is 44.1 cm³/mol. The Morgan fingerprint density at radius 1 is 0.867 bits per heavy atom. The molecule has 0 saturated heterocycles. The Morgan fingerprint density at radius 3 is 1.07 bits per heavy atom. The quantitative estimate of drug-likeness (QED) is 0.465. The maximum Gasteiger partial charge on any atom is 2.00 e. The first kappa shape index (κ1) is 14.6. The van der Waals surface area contributed by atoms with Crippen LogP contribution in [0.1, 0.15) is 25.7 Å². The first-order valence-corrected chi connectivity index (χ1v) is 4.18. The summed E-state index contributed by atoms with van der Waals surface area (Å²) in [5, 5.41) is 36.5. The van der Waals surface area contributed by atoms with Crippen molar-refractivity contribution in [1.29, 1.82) is 0 Å². The summed E-state index contributed by atoms with van der Waals surface area (Å²) >= 11 is 0. The summed E-state index contributed by atoms with van der Waals surface area (Å²) in [6.07, 6.45) is 1.43. The molecule has 0 spiro atoms. The van der Waals surface area contributed by atoms with Crippen LogP contribution in [0, 0.1) is 0 Å². The number of aliphatic hydroxyl groups is 2. The van der Waals surface area contributed by atoms with E-state index in [1.165, 1.54) is 0 Å². The molecule has 80 valence electrons. The monoisotopic (exact) mass is 226 g/mol. The second-order valence-corrected chi connectivity index (χ2v) is 3.64. The Kier molecular flexibility index (Phi) is 4.53. The second-order valence-electron chi connectivity index (χ2n) is 3.64. The largest absolute Gasteiger partial charge is 2.00 e. The van der Waals surface area contributed by atoms with Gasteiger partial charge in [-0.1, -0.05) is 0 Å². The van der Waals surface area contributed by atoms with E-state index in [1.54, 1.807) is 0 Å². The van der Waals surface area contributed by atoms with E-state index >= 15 is 0 Å². The van der Waals surface area contributed by atoms with Gasteiger partial charge in [0.25, 0.3) is 0 Å². The van der Waals surface area contributed by atoms with Crippen LogP contribution in [0.5, 0.6) is 0 Å². The van der Waals surface area contributed by atoms with Crippen molar-refractivity contribution in [2.75, 3.05) is 0 Å². The molecule has 0 heterocycles. The summed E-state index contributed by atoms with van der Waals surface area (Å²) in [7, 11) is 0. The number of rotatable bonds is 2. The molecule has 0 aromatic carbocycles. The number of carboxylic acid groups (broad SMARTS) is 2. The van der Waals surface area contributed by atoms with E-state index in [9.17, 15) is 19.8 Å². The minimum atomic E-state index is -1.44. The van der Waals surface area contributed by atoms with Gasteiger partial charge in [-0.05, 0) is 25.7 Å². The molecule has 2 N–H and O–H groups in total. The summed E-state index contributed by atoms with van der Waals surface area (Å²) in [5.41, 5.74) is -2.89. The van der Waals surface area contributed by atoms with E-state index < -0.39 is 23.1 Å².